The minimum atomic E-state index is -0.872. The Bertz CT molecular complexity index is 380. The standard InChI is InChI=1S/C14H22N2O3/c1-14(18,8-9-19-2)11-15-10-13(17)16-12-6-4-3-5-7-12/h3-7,15,18H,8-11H2,1-2H3,(H,16,17). The molecular weight excluding hydrogens is 244 g/mol. The molecule has 3 N–H and O–H groups in total. The van der Waals surface area contributed by atoms with Crippen LogP contribution in [0.3, 0.4) is 0 Å². The quantitative estimate of drug-likeness (QED) is 0.656. The smallest absolute Gasteiger partial charge is 0.238 e. The molecule has 0 saturated heterocycles. The average molecular weight is 266 g/mol. The van der Waals surface area contributed by atoms with E-state index in [0.29, 0.717) is 19.6 Å². The van der Waals surface area contributed by atoms with E-state index in [1.54, 1.807) is 14.0 Å². The Morgan fingerprint density at radius 1 is 1.37 bits per heavy atom. The van der Waals surface area contributed by atoms with Gasteiger partial charge in [0.05, 0.1) is 12.1 Å². The van der Waals surface area contributed by atoms with Crippen LogP contribution in [0.4, 0.5) is 5.69 Å². The van der Waals surface area contributed by atoms with Gasteiger partial charge in [0.25, 0.3) is 0 Å². The van der Waals surface area contributed by atoms with Crippen molar-refractivity contribution in [2.45, 2.75) is 18.9 Å². The third-order valence-corrected chi connectivity index (χ3v) is 2.69. The molecule has 1 aromatic carbocycles. The van der Waals surface area contributed by atoms with E-state index in [1.165, 1.54) is 0 Å². The van der Waals surface area contributed by atoms with Crippen molar-refractivity contribution in [1.29, 1.82) is 0 Å². The van der Waals surface area contributed by atoms with Gasteiger partial charge in [0, 0.05) is 32.4 Å². The summed E-state index contributed by atoms with van der Waals surface area (Å²) < 4.78 is 4.92. The van der Waals surface area contributed by atoms with Gasteiger partial charge in [0.2, 0.25) is 5.91 Å². The fraction of sp³-hybridized carbons (Fsp3) is 0.500. The summed E-state index contributed by atoms with van der Waals surface area (Å²) in [6.45, 7) is 2.72. The largest absolute Gasteiger partial charge is 0.389 e. The Morgan fingerprint density at radius 2 is 2.05 bits per heavy atom. The summed E-state index contributed by atoms with van der Waals surface area (Å²) in [4.78, 5) is 11.6. The van der Waals surface area contributed by atoms with E-state index < -0.39 is 5.60 Å². The first kappa shape index (κ1) is 15.6. The van der Waals surface area contributed by atoms with Gasteiger partial charge in [-0.1, -0.05) is 18.2 Å². The van der Waals surface area contributed by atoms with Gasteiger partial charge >= 0.3 is 0 Å². The van der Waals surface area contributed by atoms with Gasteiger partial charge < -0.3 is 20.5 Å². The van der Waals surface area contributed by atoms with Crippen LogP contribution in [0.5, 0.6) is 0 Å². The number of hydrogen-bond acceptors (Lipinski definition) is 4. The predicted molar refractivity (Wildman–Crippen MR) is 75.1 cm³/mol. The molecule has 0 aromatic heterocycles. The van der Waals surface area contributed by atoms with Crippen LogP contribution in [0, 0.1) is 0 Å². The molecule has 0 saturated carbocycles. The molecule has 106 valence electrons. The zero-order valence-corrected chi connectivity index (χ0v) is 11.5. The molecule has 1 aromatic rings. The fourth-order valence-corrected chi connectivity index (χ4v) is 1.58. The Hall–Kier alpha value is -1.43. The Kier molecular flexibility index (Phi) is 6.49. The molecule has 0 aliphatic heterocycles. The van der Waals surface area contributed by atoms with Gasteiger partial charge in [-0.3, -0.25) is 4.79 Å². The van der Waals surface area contributed by atoms with E-state index in [1.807, 2.05) is 30.3 Å². The molecule has 5 nitrogen and oxygen atoms in total. The van der Waals surface area contributed by atoms with Gasteiger partial charge in [-0.05, 0) is 19.1 Å². The van der Waals surface area contributed by atoms with E-state index in [4.69, 9.17) is 4.74 Å². The number of benzene rings is 1. The maximum Gasteiger partial charge on any atom is 0.238 e. The molecule has 1 amide bonds. The molecule has 0 spiro atoms. The van der Waals surface area contributed by atoms with Crippen molar-refractivity contribution >= 4 is 11.6 Å². The first-order valence-corrected chi connectivity index (χ1v) is 6.30. The van der Waals surface area contributed by atoms with Gasteiger partial charge in [-0.25, -0.2) is 0 Å². The van der Waals surface area contributed by atoms with E-state index in [2.05, 4.69) is 10.6 Å². The second-order valence-corrected chi connectivity index (χ2v) is 4.76. The van der Waals surface area contributed by atoms with Crippen molar-refractivity contribution in [1.82, 2.24) is 5.32 Å². The maximum atomic E-state index is 11.6. The number of aliphatic hydroxyl groups is 1. The van der Waals surface area contributed by atoms with Gasteiger partial charge in [-0.2, -0.15) is 0 Å². The van der Waals surface area contributed by atoms with Crippen LogP contribution in [0.1, 0.15) is 13.3 Å². The minimum absolute atomic E-state index is 0.131. The zero-order chi connectivity index (χ0) is 14.1. The van der Waals surface area contributed by atoms with Crippen molar-refractivity contribution in [3.8, 4) is 0 Å². The Labute approximate surface area is 114 Å². The molecular formula is C14H22N2O3. The van der Waals surface area contributed by atoms with Crippen LogP contribution in [-0.4, -0.2) is 43.4 Å². The van der Waals surface area contributed by atoms with Gasteiger partial charge in [0.15, 0.2) is 0 Å². The number of methoxy groups -OCH3 is 1. The molecule has 0 heterocycles. The zero-order valence-electron chi connectivity index (χ0n) is 11.5. The summed E-state index contributed by atoms with van der Waals surface area (Å²) in [5.41, 5.74) is -0.108. The summed E-state index contributed by atoms with van der Waals surface area (Å²) in [6.07, 6.45) is 0.525. The fourth-order valence-electron chi connectivity index (χ4n) is 1.58. The summed E-state index contributed by atoms with van der Waals surface area (Å²) in [7, 11) is 1.59. The van der Waals surface area contributed by atoms with E-state index in [9.17, 15) is 9.90 Å². The van der Waals surface area contributed by atoms with Crippen molar-refractivity contribution in [3.63, 3.8) is 0 Å². The summed E-state index contributed by atoms with van der Waals surface area (Å²) >= 11 is 0. The molecule has 0 aliphatic rings. The minimum Gasteiger partial charge on any atom is -0.389 e. The van der Waals surface area contributed by atoms with Crippen LogP contribution >= 0.6 is 0 Å². The molecule has 1 unspecified atom stereocenters. The van der Waals surface area contributed by atoms with Gasteiger partial charge in [0.1, 0.15) is 0 Å². The number of nitrogens with one attached hydrogen (secondary N) is 2. The molecule has 1 atom stereocenters. The van der Waals surface area contributed by atoms with E-state index in [0.717, 1.165) is 5.69 Å². The van der Waals surface area contributed by atoms with E-state index >= 15 is 0 Å². The highest BCUT2D eigenvalue weighted by atomic mass is 16.5. The first-order chi connectivity index (χ1) is 9.03. The van der Waals surface area contributed by atoms with Crippen LogP contribution in [0.25, 0.3) is 0 Å². The second-order valence-electron chi connectivity index (χ2n) is 4.76. The lowest BCUT2D eigenvalue weighted by Gasteiger charge is -2.23. The lowest BCUT2D eigenvalue weighted by atomic mass is 10.0. The Morgan fingerprint density at radius 3 is 2.68 bits per heavy atom. The number of hydrogen-bond donors (Lipinski definition) is 3. The Balaban J connectivity index is 2.23. The highest BCUT2D eigenvalue weighted by Crippen LogP contribution is 2.07. The summed E-state index contributed by atoms with van der Waals surface area (Å²) in [6, 6.07) is 9.26. The summed E-state index contributed by atoms with van der Waals surface area (Å²) in [5, 5.41) is 15.7. The molecule has 5 heteroatoms. The van der Waals surface area contributed by atoms with Crippen molar-refractivity contribution in [2.24, 2.45) is 0 Å². The molecule has 0 aliphatic carbocycles. The van der Waals surface area contributed by atoms with Crippen LogP contribution in [-0.2, 0) is 9.53 Å². The van der Waals surface area contributed by atoms with Crippen LogP contribution < -0.4 is 10.6 Å². The van der Waals surface area contributed by atoms with Crippen LogP contribution in [0.2, 0.25) is 0 Å². The van der Waals surface area contributed by atoms with Crippen LogP contribution in [0.15, 0.2) is 30.3 Å². The van der Waals surface area contributed by atoms with Crippen molar-refractivity contribution in [2.75, 3.05) is 32.1 Å². The highest BCUT2D eigenvalue weighted by Gasteiger charge is 2.19. The average Bonchev–Trinajstić information content (AvgIpc) is 2.37. The van der Waals surface area contributed by atoms with Crippen molar-refractivity contribution in [3.05, 3.63) is 30.3 Å². The number of amides is 1. The number of rotatable bonds is 8. The third kappa shape index (κ3) is 6.91. The lowest BCUT2D eigenvalue weighted by molar-refractivity contribution is -0.115. The van der Waals surface area contributed by atoms with E-state index in [-0.39, 0.29) is 12.5 Å². The van der Waals surface area contributed by atoms with Crippen molar-refractivity contribution < 1.29 is 14.6 Å². The number of anilines is 1. The summed E-state index contributed by atoms with van der Waals surface area (Å²) in [5.74, 6) is -0.131. The molecule has 1 rings (SSSR count). The second kappa shape index (κ2) is 7.89. The monoisotopic (exact) mass is 266 g/mol. The topological polar surface area (TPSA) is 70.6 Å². The SMILES string of the molecule is COCCC(C)(O)CNCC(=O)Nc1ccccc1. The third-order valence-electron chi connectivity index (χ3n) is 2.69. The predicted octanol–water partition coefficient (Wildman–Crippen LogP) is 1.00. The normalized spacial score (nSPS) is 13.8. The number of para-hydroxylation sites is 1. The molecule has 0 radical (unpaired) electrons. The number of carbonyl (C=O) groups excluding carboxylic acids is 1. The number of ether oxygens (including phenoxy) is 1. The lowest BCUT2D eigenvalue weighted by Crippen LogP contribution is -2.41. The molecule has 0 bridgehead atoms. The molecule has 19 heavy (non-hydrogen) atoms. The first-order valence-electron chi connectivity index (χ1n) is 6.30. The maximum absolute atomic E-state index is 11.6. The molecule has 0 fully saturated rings. The number of carbonyl (C=O) groups is 1. The highest BCUT2D eigenvalue weighted by molar-refractivity contribution is 5.92. The van der Waals surface area contributed by atoms with Gasteiger partial charge in [-0.15, -0.1) is 0 Å².